The van der Waals surface area contributed by atoms with E-state index in [4.69, 9.17) is 0 Å². The van der Waals surface area contributed by atoms with Crippen LogP contribution in [0, 0.1) is 0 Å². The van der Waals surface area contributed by atoms with Crippen LogP contribution in [-0.2, 0) is 4.79 Å². The fourth-order valence-corrected chi connectivity index (χ4v) is 1.77. The number of amides is 1. The number of nitrogens with zero attached hydrogens (tertiary/aromatic N) is 1. The number of rotatable bonds is 3. The Morgan fingerprint density at radius 2 is 2.22 bits per heavy atom. The Kier molecular flexibility index (Phi) is 3.46. The molecule has 0 aliphatic rings. The Hall–Kier alpha value is -1.70. The lowest BCUT2D eigenvalue weighted by Gasteiger charge is -2.07. The third-order valence-electron chi connectivity index (χ3n) is 2.12. The van der Waals surface area contributed by atoms with Gasteiger partial charge in [-0.3, -0.25) is 9.89 Å². The summed E-state index contributed by atoms with van der Waals surface area (Å²) in [5.74, 6) is -1.38. The molecule has 1 heterocycles. The zero-order valence-corrected chi connectivity index (χ0v) is 9.73. The summed E-state index contributed by atoms with van der Waals surface area (Å²) in [6, 6.07) is 5.06. The number of anilines is 1. The highest BCUT2D eigenvalue weighted by atomic mass is 32.2. The van der Waals surface area contributed by atoms with E-state index in [9.17, 15) is 18.0 Å². The van der Waals surface area contributed by atoms with Gasteiger partial charge < -0.3 is 5.32 Å². The molecule has 0 aliphatic heterocycles. The van der Waals surface area contributed by atoms with Crippen LogP contribution in [-0.4, -0.2) is 27.4 Å². The van der Waals surface area contributed by atoms with Crippen molar-refractivity contribution in [1.82, 2.24) is 10.2 Å². The molecule has 0 fully saturated rings. The number of aromatic amines is 1. The van der Waals surface area contributed by atoms with Crippen LogP contribution in [0.15, 0.2) is 24.4 Å². The van der Waals surface area contributed by atoms with Gasteiger partial charge in [-0.25, -0.2) is 0 Å². The zero-order valence-electron chi connectivity index (χ0n) is 8.91. The average Bonchev–Trinajstić information content (AvgIpc) is 2.74. The third kappa shape index (κ3) is 3.16. The van der Waals surface area contributed by atoms with Crippen LogP contribution in [0.3, 0.4) is 0 Å². The van der Waals surface area contributed by atoms with Crippen molar-refractivity contribution in [2.75, 3.05) is 11.1 Å². The maximum atomic E-state index is 11.9. The van der Waals surface area contributed by atoms with Crippen molar-refractivity contribution in [2.45, 2.75) is 5.51 Å². The lowest BCUT2D eigenvalue weighted by atomic mass is 10.2. The molecule has 8 heteroatoms. The molecule has 0 saturated heterocycles. The molecule has 0 bridgehead atoms. The average molecular weight is 275 g/mol. The normalized spacial score (nSPS) is 11.7. The van der Waals surface area contributed by atoms with Gasteiger partial charge in [0, 0.05) is 5.39 Å². The first-order valence-corrected chi connectivity index (χ1v) is 5.87. The van der Waals surface area contributed by atoms with E-state index >= 15 is 0 Å². The van der Waals surface area contributed by atoms with Gasteiger partial charge in [0.1, 0.15) is 0 Å². The first-order chi connectivity index (χ1) is 8.46. The molecule has 96 valence electrons. The third-order valence-corrected chi connectivity index (χ3v) is 2.85. The van der Waals surface area contributed by atoms with E-state index in [1.54, 1.807) is 24.4 Å². The van der Waals surface area contributed by atoms with Crippen LogP contribution in [0.25, 0.3) is 10.9 Å². The van der Waals surface area contributed by atoms with Gasteiger partial charge in [-0.05, 0) is 17.8 Å². The second kappa shape index (κ2) is 4.89. The number of hydrogen-bond acceptors (Lipinski definition) is 3. The van der Waals surface area contributed by atoms with Crippen molar-refractivity contribution >= 4 is 34.3 Å². The standard InChI is InChI=1S/C10H8F3N3OS/c11-10(12,13)18-5-8(17)15-7-3-1-2-6-4-14-16-9(6)7/h1-4H,5H2,(H,14,16)(H,15,17). The first-order valence-electron chi connectivity index (χ1n) is 4.88. The summed E-state index contributed by atoms with van der Waals surface area (Å²) in [5.41, 5.74) is -3.40. The van der Waals surface area contributed by atoms with Crippen molar-refractivity contribution in [3.8, 4) is 0 Å². The molecule has 2 aromatic rings. The predicted molar refractivity (Wildman–Crippen MR) is 63.2 cm³/mol. The van der Waals surface area contributed by atoms with Gasteiger partial charge in [0.25, 0.3) is 0 Å². The first kappa shape index (κ1) is 12.7. The number of nitrogens with one attached hydrogen (secondary N) is 2. The number of benzene rings is 1. The van der Waals surface area contributed by atoms with Gasteiger partial charge in [0.15, 0.2) is 0 Å². The van der Waals surface area contributed by atoms with Crippen LogP contribution in [0.1, 0.15) is 0 Å². The minimum atomic E-state index is -4.41. The molecule has 0 unspecified atom stereocenters. The van der Waals surface area contributed by atoms with Crippen LogP contribution in [0.2, 0.25) is 0 Å². The van der Waals surface area contributed by atoms with E-state index < -0.39 is 17.2 Å². The topological polar surface area (TPSA) is 57.8 Å². The summed E-state index contributed by atoms with van der Waals surface area (Å²) in [7, 11) is 0. The molecule has 18 heavy (non-hydrogen) atoms. The predicted octanol–water partition coefficient (Wildman–Crippen LogP) is 2.75. The van der Waals surface area contributed by atoms with Crippen molar-refractivity contribution in [1.29, 1.82) is 0 Å². The van der Waals surface area contributed by atoms with Gasteiger partial charge in [-0.2, -0.15) is 18.3 Å². The molecule has 0 aliphatic carbocycles. The van der Waals surface area contributed by atoms with E-state index in [-0.39, 0.29) is 11.8 Å². The minimum absolute atomic E-state index is 0.369. The zero-order chi connectivity index (χ0) is 13.2. The van der Waals surface area contributed by atoms with Crippen LogP contribution in [0.4, 0.5) is 18.9 Å². The summed E-state index contributed by atoms with van der Waals surface area (Å²) in [4.78, 5) is 11.4. The number of carbonyl (C=O) groups is 1. The Labute approximate surface area is 104 Å². The fraction of sp³-hybridized carbons (Fsp3) is 0.200. The number of alkyl halides is 3. The van der Waals surface area contributed by atoms with E-state index in [1.165, 1.54) is 0 Å². The second-order valence-corrected chi connectivity index (χ2v) is 4.46. The monoisotopic (exact) mass is 275 g/mol. The van der Waals surface area contributed by atoms with Crippen molar-refractivity contribution in [2.24, 2.45) is 0 Å². The summed E-state index contributed by atoms with van der Waals surface area (Å²) < 4.78 is 35.8. The molecule has 1 amide bonds. The Morgan fingerprint density at radius 3 is 2.94 bits per heavy atom. The van der Waals surface area contributed by atoms with Crippen LogP contribution >= 0.6 is 11.8 Å². The second-order valence-electron chi connectivity index (χ2n) is 3.42. The number of hydrogen-bond donors (Lipinski definition) is 2. The van der Waals surface area contributed by atoms with E-state index in [0.717, 1.165) is 5.39 Å². The number of halogens is 3. The highest BCUT2D eigenvalue weighted by Gasteiger charge is 2.29. The number of carbonyl (C=O) groups excluding carboxylic acids is 1. The van der Waals surface area contributed by atoms with Crippen LogP contribution < -0.4 is 5.32 Å². The Bertz CT molecular complexity index is 567. The molecular formula is C10H8F3N3OS. The van der Waals surface area contributed by atoms with Gasteiger partial charge >= 0.3 is 5.51 Å². The Balaban J connectivity index is 2.05. The smallest absolute Gasteiger partial charge is 0.323 e. The lowest BCUT2D eigenvalue weighted by molar-refractivity contribution is -0.114. The van der Waals surface area contributed by atoms with E-state index in [0.29, 0.717) is 11.2 Å². The molecule has 2 N–H and O–H groups in total. The van der Waals surface area contributed by atoms with Gasteiger partial charge in [-0.15, -0.1) is 0 Å². The fourth-order valence-electron chi connectivity index (χ4n) is 1.41. The summed E-state index contributed by atoms with van der Waals surface area (Å²) >= 11 is -0.369. The molecular weight excluding hydrogens is 267 g/mol. The number of H-pyrrole nitrogens is 1. The van der Waals surface area contributed by atoms with Gasteiger partial charge in [0.2, 0.25) is 5.91 Å². The largest absolute Gasteiger partial charge is 0.442 e. The SMILES string of the molecule is O=C(CSC(F)(F)F)Nc1cccc2cn[nH]c12. The molecule has 4 nitrogen and oxygen atoms in total. The number of para-hydroxylation sites is 1. The van der Waals surface area contributed by atoms with Crippen molar-refractivity contribution in [3.63, 3.8) is 0 Å². The molecule has 0 spiro atoms. The highest BCUT2D eigenvalue weighted by Crippen LogP contribution is 2.30. The number of thioether (sulfide) groups is 1. The molecule has 2 rings (SSSR count). The van der Waals surface area contributed by atoms with Crippen molar-refractivity contribution < 1.29 is 18.0 Å². The maximum Gasteiger partial charge on any atom is 0.442 e. The molecule has 0 saturated carbocycles. The Morgan fingerprint density at radius 1 is 1.44 bits per heavy atom. The molecule has 1 aromatic carbocycles. The number of aromatic nitrogens is 2. The quantitative estimate of drug-likeness (QED) is 0.905. The van der Waals surface area contributed by atoms with Crippen molar-refractivity contribution in [3.05, 3.63) is 24.4 Å². The van der Waals surface area contributed by atoms with Crippen LogP contribution in [0.5, 0.6) is 0 Å². The lowest BCUT2D eigenvalue weighted by Crippen LogP contribution is -2.17. The maximum absolute atomic E-state index is 11.9. The van der Waals surface area contributed by atoms with Gasteiger partial charge in [-0.1, -0.05) is 12.1 Å². The summed E-state index contributed by atoms with van der Waals surface area (Å²) in [6.07, 6.45) is 1.56. The number of fused-ring (bicyclic) bond motifs is 1. The van der Waals surface area contributed by atoms with E-state index in [1.807, 2.05) is 0 Å². The van der Waals surface area contributed by atoms with E-state index in [2.05, 4.69) is 15.5 Å². The summed E-state index contributed by atoms with van der Waals surface area (Å²) in [5, 5.41) is 9.65. The molecule has 0 radical (unpaired) electrons. The summed E-state index contributed by atoms with van der Waals surface area (Å²) in [6.45, 7) is 0. The minimum Gasteiger partial charge on any atom is -0.323 e. The van der Waals surface area contributed by atoms with Gasteiger partial charge in [0.05, 0.1) is 23.2 Å². The highest BCUT2D eigenvalue weighted by molar-refractivity contribution is 8.00. The molecule has 0 atom stereocenters. The molecule has 1 aromatic heterocycles.